The van der Waals surface area contributed by atoms with Gasteiger partial charge in [0.2, 0.25) is 0 Å². The Morgan fingerprint density at radius 1 is 0.854 bits per heavy atom. The van der Waals surface area contributed by atoms with Crippen LogP contribution in [0, 0.1) is 5.92 Å². The summed E-state index contributed by atoms with van der Waals surface area (Å²) in [5.74, 6) is 2.83. The zero-order valence-electron chi connectivity index (χ0n) is 23.3. The lowest BCUT2D eigenvalue weighted by Crippen LogP contribution is -2.22. The Morgan fingerprint density at radius 2 is 1.56 bits per heavy atom. The molecule has 0 amide bonds. The predicted molar refractivity (Wildman–Crippen MR) is 166 cm³/mol. The predicted octanol–water partition coefficient (Wildman–Crippen LogP) is 7.72. The first-order valence-corrected chi connectivity index (χ1v) is 14.7. The third-order valence-electron chi connectivity index (χ3n) is 7.70. The third-order valence-corrected chi connectivity index (χ3v) is 8.90. The van der Waals surface area contributed by atoms with E-state index in [1.807, 2.05) is 66.7 Å². The normalized spacial score (nSPS) is 15.2. The molecule has 0 N–H and O–H groups in total. The summed E-state index contributed by atoms with van der Waals surface area (Å²) in [5, 5.41) is 0.924. The number of fused-ring (bicyclic) bond motifs is 1. The molecule has 41 heavy (non-hydrogen) atoms. The second kappa shape index (κ2) is 12.2. The number of nitrogens with zero attached hydrogens (tertiary/aromatic N) is 1. The van der Waals surface area contributed by atoms with E-state index in [-0.39, 0.29) is 5.78 Å². The first-order valence-electron chi connectivity index (χ1n) is 13.9. The number of hydrogen-bond donors (Lipinski definition) is 0. The summed E-state index contributed by atoms with van der Waals surface area (Å²) in [4.78, 5) is 17.4. The van der Waals surface area contributed by atoms with Crippen LogP contribution in [0.2, 0.25) is 0 Å². The van der Waals surface area contributed by atoms with Crippen molar-refractivity contribution in [3.05, 3.63) is 114 Å². The van der Waals surface area contributed by atoms with Gasteiger partial charge in [-0.2, -0.15) is 0 Å². The average molecular weight is 564 g/mol. The lowest BCUT2D eigenvalue weighted by Gasteiger charge is -2.16. The van der Waals surface area contributed by atoms with Crippen LogP contribution in [0.25, 0.3) is 20.5 Å². The lowest BCUT2D eigenvalue weighted by molar-refractivity contribution is 0.104. The zero-order chi connectivity index (χ0) is 28.2. The SMILES string of the molecule is COc1ccc(-c2sc3cc(OC)ccc3c2C(=O)c2ccc(OCC3CCN(Cc4ccccc4)C3)cc2)cc1. The van der Waals surface area contributed by atoms with Crippen LogP contribution < -0.4 is 14.2 Å². The molecule has 0 spiro atoms. The second-order valence-corrected chi connectivity index (χ2v) is 11.5. The molecule has 0 aliphatic carbocycles. The minimum Gasteiger partial charge on any atom is -0.497 e. The summed E-state index contributed by atoms with van der Waals surface area (Å²) < 4.78 is 18.0. The minimum atomic E-state index is -0.00821. The zero-order valence-corrected chi connectivity index (χ0v) is 24.2. The fraction of sp³-hybridized carbons (Fsp3) is 0.229. The third kappa shape index (κ3) is 5.99. The molecule has 1 aliphatic heterocycles. The highest BCUT2D eigenvalue weighted by molar-refractivity contribution is 7.22. The highest BCUT2D eigenvalue weighted by Crippen LogP contribution is 2.41. The van der Waals surface area contributed by atoms with Crippen LogP contribution in [0.5, 0.6) is 17.2 Å². The van der Waals surface area contributed by atoms with Gasteiger partial charge in [-0.3, -0.25) is 9.69 Å². The van der Waals surface area contributed by atoms with E-state index in [1.165, 1.54) is 5.56 Å². The first kappa shape index (κ1) is 27.1. The van der Waals surface area contributed by atoms with Crippen LogP contribution in [0.1, 0.15) is 27.9 Å². The molecule has 1 unspecified atom stereocenters. The van der Waals surface area contributed by atoms with Gasteiger partial charge in [0.1, 0.15) is 17.2 Å². The Balaban J connectivity index is 1.17. The maximum atomic E-state index is 14.0. The molecule has 1 saturated heterocycles. The molecule has 1 aromatic heterocycles. The summed E-state index contributed by atoms with van der Waals surface area (Å²) in [6.07, 6.45) is 1.13. The first-order chi connectivity index (χ1) is 20.1. The van der Waals surface area contributed by atoms with Gasteiger partial charge in [-0.25, -0.2) is 0 Å². The maximum Gasteiger partial charge on any atom is 0.195 e. The van der Waals surface area contributed by atoms with Gasteiger partial charge >= 0.3 is 0 Å². The number of rotatable bonds is 10. The van der Waals surface area contributed by atoms with Crippen molar-refractivity contribution in [1.82, 2.24) is 4.90 Å². The van der Waals surface area contributed by atoms with Crippen LogP contribution in [-0.2, 0) is 6.54 Å². The van der Waals surface area contributed by atoms with E-state index >= 15 is 0 Å². The number of ether oxygens (including phenoxy) is 3. The Labute approximate surface area is 244 Å². The molecule has 6 heteroatoms. The molecule has 1 atom stereocenters. The van der Waals surface area contributed by atoms with Crippen LogP contribution >= 0.6 is 11.3 Å². The van der Waals surface area contributed by atoms with Crippen LogP contribution in [0.15, 0.2) is 97.1 Å². The molecule has 2 heterocycles. The van der Waals surface area contributed by atoms with E-state index in [0.717, 1.165) is 63.8 Å². The number of benzene rings is 4. The quantitative estimate of drug-likeness (QED) is 0.163. The maximum absolute atomic E-state index is 14.0. The Bertz CT molecular complexity index is 1630. The van der Waals surface area contributed by atoms with Gasteiger partial charge in [0.05, 0.1) is 20.8 Å². The molecule has 1 aliphatic rings. The summed E-state index contributed by atoms with van der Waals surface area (Å²) in [7, 11) is 3.31. The Kier molecular flexibility index (Phi) is 8.03. The lowest BCUT2D eigenvalue weighted by atomic mass is 9.97. The van der Waals surface area contributed by atoms with Gasteiger partial charge in [0, 0.05) is 45.1 Å². The number of likely N-dealkylation sites (tertiary alicyclic amines) is 1. The van der Waals surface area contributed by atoms with Crippen molar-refractivity contribution in [3.63, 3.8) is 0 Å². The molecule has 4 aromatic carbocycles. The molecule has 0 bridgehead atoms. The summed E-state index contributed by atoms with van der Waals surface area (Å²) in [6, 6.07) is 31.9. The molecule has 1 fully saturated rings. The summed E-state index contributed by atoms with van der Waals surface area (Å²) in [6.45, 7) is 3.79. The van der Waals surface area contributed by atoms with Crippen molar-refractivity contribution >= 4 is 27.2 Å². The number of hydrogen-bond acceptors (Lipinski definition) is 6. The van der Waals surface area contributed by atoms with E-state index in [1.54, 1.807) is 25.6 Å². The second-order valence-electron chi connectivity index (χ2n) is 10.4. The van der Waals surface area contributed by atoms with Gasteiger partial charge < -0.3 is 14.2 Å². The van der Waals surface area contributed by atoms with Crippen molar-refractivity contribution in [2.45, 2.75) is 13.0 Å². The smallest absolute Gasteiger partial charge is 0.195 e. The topological polar surface area (TPSA) is 48.0 Å². The van der Waals surface area contributed by atoms with E-state index < -0.39 is 0 Å². The molecule has 5 aromatic rings. The monoisotopic (exact) mass is 563 g/mol. The van der Waals surface area contributed by atoms with Crippen molar-refractivity contribution in [2.75, 3.05) is 33.9 Å². The molecule has 5 nitrogen and oxygen atoms in total. The number of ketones is 1. The average Bonchev–Trinajstić information content (AvgIpc) is 3.64. The number of carbonyl (C=O) groups excluding carboxylic acids is 1. The number of thiophene rings is 1. The van der Waals surface area contributed by atoms with Crippen molar-refractivity contribution in [3.8, 4) is 27.7 Å². The van der Waals surface area contributed by atoms with Crippen LogP contribution in [0.4, 0.5) is 0 Å². The van der Waals surface area contributed by atoms with Gasteiger partial charge in [0.25, 0.3) is 0 Å². The van der Waals surface area contributed by atoms with Gasteiger partial charge in [-0.1, -0.05) is 30.3 Å². The van der Waals surface area contributed by atoms with Gasteiger partial charge in [-0.15, -0.1) is 11.3 Å². The van der Waals surface area contributed by atoms with E-state index in [9.17, 15) is 4.79 Å². The molecular weight excluding hydrogens is 530 g/mol. The molecule has 0 radical (unpaired) electrons. The summed E-state index contributed by atoms with van der Waals surface area (Å²) >= 11 is 1.60. The van der Waals surface area contributed by atoms with E-state index in [0.29, 0.717) is 23.7 Å². The standard InChI is InChI=1S/C35H33NO4S/c1-38-28-12-10-27(11-13-28)35-33(31-17-16-30(39-2)20-32(31)41-35)34(37)26-8-14-29(15-9-26)40-23-25-18-19-36(22-25)21-24-6-4-3-5-7-24/h3-17,20,25H,18-19,21-23H2,1-2H3. The van der Waals surface area contributed by atoms with Crippen molar-refractivity contribution < 1.29 is 19.0 Å². The Hall–Kier alpha value is -4.13. The van der Waals surface area contributed by atoms with E-state index in [2.05, 4.69) is 35.2 Å². The number of carbonyl (C=O) groups is 1. The van der Waals surface area contributed by atoms with Crippen LogP contribution in [-0.4, -0.2) is 44.6 Å². The minimum absolute atomic E-state index is 0.00821. The molecule has 0 saturated carbocycles. The highest BCUT2D eigenvalue weighted by atomic mass is 32.1. The Morgan fingerprint density at radius 3 is 2.29 bits per heavy atom. The fourth-order valence-electron chi connectivity index (χ4n) is 5.47. The van der Waals surface area contributed by atoms with E-state index in [4.69, 9.17) is 14.2 Å². The largest absolute Gasteiger partial charge is 0.497 e. The highest BCUT2D eigenvalue weighted by Gasteiger charge is 2.24. The molecule has 208 valence electrons. The van der Waals surface area contributed by atoms with Crippen LogP contribution in [0.3, 0.4) is 0 Å². The molecular formula is C35H33NO4S. The van der Waals surface area contributed by atoms with Gasteiger partial charge in [0.15, 0.2) is 5.78 Å². The number of methoxy groups -OCH3 is 2. The van der Waals surface area contributed by atoms with Crippen molar-refractivity contribution in [1.29, 1.82) is 0 Å². The summed E-state index contributed by atoms with van der Waals surface area (Å²) in [5.41, 5.74) is 3.67. The molecule has 6 rings (SSSR count). The van der Waals surface area contributed by atoms with Crippen molar-refractivity contribution in [2.24, 2.45) is 5.92 Å². The fourth-order valence-corrected chi connectivity index (χ4v) is 6.70. The van der Waals surface area contributed by atoms with Gasteiger partial charge in [-0.05, 0) is 90.8 Å².